The minimum atomic E-state index is 0.0996. The minimum Gasteiger partial charge on any atom is -0.364 e. The maximum atomic E-state index is 6.82. The van der Waals surface area contributed by atoms with E-state index in [0.717, 1.165) is 11.8 Å². The molecule has 3 aliphatic rings. The van der Waals surface area contributed by atoms with E-state index < -0.39 is 0 Å². The zero-order valence-electron chi connectivity index (χ0n) is 13.9. The third kappa shape index (κ3) is 2.17. The largest absolute Gasteiger partial charge is 0.364 e. The highest BCUT2D eigenvalue weighted by molar-refractivity contribution is 5.32. The summed E-state index contributed by atoms with van der Waals surface area (Å²) in [6.07, 6.45) is 12.1. The van der Waals surface area contributed by atoms with E-state index in [1.165, 1.54) is 57.8 Å². The van der Waals surface area contributed by atoms with Gasteiger partial charge in [0.25, 0.3) is 0 Å². The summed E-state index contributed by atoms with van der Waals surface area (Å²) >= 11 is 0. The molecule has 0 radical (unpaired) electrons. The van der Waals surface area contributed by atoms with Gasteiger partial charge in [0.05, 0.1) is 11.2 Å². The Labute approximate surface area is 125 Å². The normalized spacial score (nSPS) is 39.0. The van der Waals surface area contributed by atoms with Crippen molar-refractivity contribution in [3.05, 3.63) is 11.1 Å². The van der Waals surface area contributed by atoms with E-state index in [4.69, 9.17) is 4.74 Å². The molecule has 1 heteroatoms. The van der Waals surface area contributed by atoms with Crippen LogP contribution < -0.4 is 0 Å². The van der Waals surface area contributed by atoms with E-state index in [-0.39, 0.29) is 11.2 Å². The summed E-state index contributed by atoms with van der Waals surface area (Å²) in [6.45, 7) is 9.35. The van der Waals surface area contributed by atoms with Crippen molar-refractivity contribution in [3.63, 3.8) is 0 Å². The monoisotopic (exact) mass is 276 g/mol. The van der Waals surface area contributed by atoms with Gasteiger partial charge in [-0.1, -0.05) is 25.3 Å². The molecule has 0 aromatic carbocycles. The summed E-state index contributed by atoms with van der Waals surface area (Å²) in [6, 6.07) is 0. The Morgan fingerprint density at radius 1 is 1.10 bits per heavy atom. The molecule has 114 valence electrons. The van der Waals surface area contributed by atoms with Gasteiger partial charge in [0.15, 0.2) is 0 Å². The lowest BCUT2D eigenvalue weighted by molar-refractivity contribution is -0.0988. The summed E-state index contributed by atoms with van der Waals surface area (Å²) in [5.74, 6) is 1.59. The second-order valence-corrected chi connectivity index (χ2v) is 8.02. The fraction of sp³-hybridized carbons (Fsp3) is 0.895. The summed E-state index contributed by atoms with van der Waals surface area (Å²) < 4.78 is 6.82. The Kier molecular flexibility index (Phi) is 3.77. The van der Waals surface area contributed by atoms with Crippen molar-refractivity contribution < 1.29 is 4.74 Å². The standard InChI is InChI=1S/C19H32O/c1-5-6-7-8-17-14(2)9-10-15-11-12-16-13-19(15,17)20-18(16,3)4/h15-16H,5-13H2,1-4H3. The molecule has 1 saturated carbocycles. The highest BCUT2D eigenvalue weighted by Crippen LogP contribution is 2.60. The molecule has 0 amide bonds. The van der Waals surface area contributed by atoms with Gasteiger partial charge in [-0.2, -0.15) is 0 Å². The fourth-order valence-corrected chi connectivity index (χ4v) is 5.23. The first-order valence-electron chi connectivity index (χ1n) is 8.89. The number of hydrogen-bond acceptors (Lipinski definition) is 1. The third-order valence-electron chi connectivity index (χ3n) is 6.43. The van der Waals surface area contributed by atoms with Gasteiger partial charge in [0.1, 0.15) is 0 Å². The van der Waals surface area contributed by atoms with Gasteiger partial charge in [0, 0.05) is 0 Å². The van der Waals surface area contributed by atoms with Crippen LogP contribution in [0.25, 0.3) is 0 Å². The average Bonchev–Trinajstić information content (AvgIpc) is 2.60. The minimum absolute atomic E-state index is 0.0996. The molecule has 20 heavy (non-hydrogen) atoms. The zero-order valence-corrected chi connectivity index (χ0v) is 13.9. The molecule has 2 bridgehead atoms. The van der Waals surface area contributed by atoms with Gasteiger partial charge in [-0.15, -0.1) is 0 Å². The highest BCUT2D eigenvalue weighted by Gasteiger charge is 2.59. The Morgan fingerprint density at radius 3 is 2.60 bits per heavy atom. The van der Waals surface area contributed by atoms with Crippen LogP contribution in [0.4, 0.5) is 0 Å². The zero-order chi connectivity index (χ0) is 14.4. The smallest absolute Gasteiger partial charge is 0.0933 e. The van der Waals surface area contributed by atoms with Gasteiger partial charge in [-0.3, -0.25) is 0 Å². The lowest BCUT2D eigenvalue weighted by Crippen LogP contribution is -2.45. The number of rotatable bonds is 4. The van der Waals surface area contributed by atoms with E-state index in [1.807, 2.05) is 0 Å². The predicted molar refractivity (Wildman–Crippen MR) is 84.8 cm³/mol. The lowest BCUT2D eigenvalue weighted by Gasteiger charge is -2.46. The van der Waals surface area contributed by atoms with Crippen molar-refractivity contribution >= 4 is 0 Å². The maximum Gasteiger partial charge on any atom is 0.0933 e. The van der Waals surface area contributed by atoms with Crippen LogP contribution in [0, 0.1) is 11.8 Å². The molecule has 2 fully saturated rings. The van der Waals surface area contributed by atoms with Crippen LogP contribution in [0.2, 0.25) is 0 Å². The Balaban J connectivity index is 1.90. The van der Waals surface area contributed by atoms with E-state index in [2.05, 4.69) is 27.7 Å². The van der Waals surface area contributed by atoms with Crippen molar-refractivity contribution in [1.82, 2.24) is 0 Å². The molecule has 1 heterocycles. The Bertz CT molecular complexity index is 406. The molecule has 0 N–H and O–H groups in total. The van der Waals surface area contributed by atoms with Gasteiger partial charge in [0.2, 0.25) is 0 Å². The Morgan fingerprint density at radius 2 is 1.85 bits per heavy atom. The molecule has 3 atom stereocenters. The SMILES string of the molecule is CCCCCC1=C(C)CCC2CCC3CC12OC3(C)C. The average molecular weight is 276 g/mol. The van der Waals surface area contributed by atoms with Gasteiger partial charge < -0.3 is 4.74 Å². The molecule has 2 aliphatic carbocycles. The van der Waals surface area contributed by atoms with Crippen LogP contribution in [0.1, 0.15) is 85.5 Å². The molecule has 0 aromatic heterocycles. The number of fused-ring (bicyclic) bond motifs is 1. The lowest BCUT2D eigenvalue weighted by atomic mass is 9.62. The van der Waals surface area contributed by atoms with Crippen LogP contribution in [0.5, 0.6) is 0 Å². The number of unbranched alkanes of at least 4 members (excludes halogenated alkanes) is 2. The quantitative estimate of drug-likeness (QED) is 0.477. The fourth-order valence-electron chi connectivity index (χ4n) is 5.23. The molecular formula is C19H32O. The van der Waals surface area contributed by atoms with E-state index in [0.29, 0.717) is 0 Å². The second-order valence-electron chi connectivity index (χ2n) is 8.02. The van der Waals surface area contributed by atoms with Gasteiger partial charge >= 0.3 is 0 Å². The number of hydrogen-bond donors (Lipinski definition) is 0. The molecule has 1 aliphatic heterocycles. The van der Waals surface area contributed by atoms with Crippen LogP contribution in [-0.2, 0) is 4.74 Å². The molecule has 1 nitrogen and oxygen atoms in total. The van der Waals surface area contributed by atoms with Crippen LogP contribution in [-0.4, -0.2) is 11.2 Å². The first kappa shape index (κ1) is 14.6. The first-order valence-corrected chi connectivity index (χ1v) is 8.89. The number of ether oxygens (including phenoxy) is 1. The van der Waals surface area contributed by atoms with Crippen molar-refractivity contribution in [1.29, 1.82) is 0 Å². The topological polar surface area (TPSA) is 9.23 Å². The van der Waals surface area contributed by atoms with Gasteiger partial charge in [-0.25, -0.2) is 0 Å². The summed E-state index contributed by atoms with van der Waals surface area (Å²) in [5.41, 5.74) is 3.62. The van der Waals surface area contributed by atoms with Crippen molar-refractivity contribution in [2.24, 2.45) is 11.8 Å². The molecule has 1 saturated heterocycles. The maximum absolute atomic E-state index is 6.82. The van der Waals surface area contributed by atoms with Crippen molar-refractivity contribution in [2.45, 2.75) is 96.7 Å². The predicted octanol–water partition coefficient (Wildman–Crippen LogP) is 5.64. The highest BCUT2D eigenvalue weighted by atomic mass is 16.5. The summed E-state index contributed by atoms with van der Waals surface area (Å²) in [7, 11) is 0. The van der Waals surface area contributed by atoms with Crippen molar-refractivity contribution in [2.75, 3.05) is 0 Å². The van der Waals surface area contributed by atoms with Gasteiger partial charge in [-0.05, 0) is 83.1 Å². The third-order valence-corrected chi connectivity index (χ3v) is 6.43. The molecule has 1 spiro atoms. The van der Waals surface area contributed by atoms with Crippen LogP contribution >= 0.6 is 0 Å². The molecule has 3 unspecified atom stereocenters. The second kappa shape index (κ2) is 5.16. The first-order chi connectivity index (χ1) is 9.49. The Hall–Kier alpha value is -0.300. The van der Waals surface area contributed by atoms with Crippen molar-refractivity contribution in [3.8, 4) is 0 Å². The van der Waals surface area contributed by atoms with E-state index in [1.54, 1.807) is 11.1 Å². The summed E-state index contributed by atoms with van der Waals surface area (Å²) in [4.78, 5) is 0. The van der Waals surface area contributed by atoms with Crippen LogP contribution in [0.3, 0.4) is 0 Å². The van der Waals surface area contributed by atoms with Crippen LogP contribution in [0.15, 0.2) is 11.1 Å². The number of allylic oxidation sites excluding steroid dienone is 1. The molecule has 3 rings (SSSR count). The van der Waals surface area contributed by atoms with E-state index >= 15 is 0 Å². The van der Waals surface area contributed by atoms with E-state index in [9.17, 15) is 0 Å². The molecule has 0 aromatic rings. The summed E-state index contributed by atoms with van der Waals surface area (Å²) in [5, 5.41) is 0. The molecular weight excluding hydrogens is 244 g/mol.